The van der Waals surface area contributed by atoms with Gasteiger partial charge in [-0.25, -0.2) is 0 Å². The summed E-state index contributed by atoms with van der Waals surface area (Å²) < 4.78 is 5.66. The number of benzene rings is 2. The number of aryl methyl sites for hydroxylation is 1. The molecule has 0 aliphatic heterocycles. The lowest BCUT2D eigenvalue weighted by molar-refractivity contribution is 0.481. The molecule has 0 amide bonds. The van der Waals surface area contributed by atoms with Gasteiger partial charge >= 0.3 is 0 Å². The highest BCUT2D eigenvalue weighted by Crippen LogP contribution is 2.34. The average Bonchev–Trinajstić information content (AvgIpc) is 2.35. The van der Waals surface area contributed by atoms with E-state index in [1.54, 1.807) is 18.2 Å². The third kappa shape index (κ3) is 2.93. The molecule has 0 spiro atoms. The normalized spacial score (nSPS) is 10.3. The van der Waals surface area contributed by atoms with Crippen molar-refractivity contribution >= 4 is 23.2 Å². The van der Waals surface area contributed by atoms with E-state index in [1.165, 1.54) is 5.56 Å². The van der Waals surface area contributed by atoms with Crippen molar-refractivity contribution in [3.63, 3.8) is 0 Å². The van der Waals surface area contributed by atoms with Gasteiger partial charge in [0.15, 0.2) is 0 Å². The first-order chi connectivity index (χ1) is 8.20. The minimum absolute atomic E-state index is 0.421. The number of ether oxygens (including phenoxy) is 1. The topological polar surface area (TPSA) is 9.23 Å². The van der Waals surface area contributed by atoms with Crippen molar-refractivity contribution in [2.75, 3.05) is 0 Å². The number of hydrogen-bond donors (Lipinski definition) is 0. The van der Waals surface area contributed by atoms with Crippen LogP contribution in [-0.2, 0) is 6.42 Å². The average molecular weight is 266 g/mol. The molecule has 0 N–H and O–H groups in total. The van der Waals surface area contributed by atoms with Crippen LogP contribution < -0.4 is 4.74 Å². The molecule has 0 aliphatic rings. The van der Waals surface area contributed by atoms with Crippen LogP contribution in [0.15, 0.2) is 36.4 Å². The Morgan fingerprint density at radius 3 is 2.82 bits per heavy atom. The SMILES string of the molecule is CCc1cc[c]c(Oc2cccc(Cl)c2Cl)c1. The van der Waals surface area contributed by atoms with Gasteiger partial charge in [-0.1, -0.05) is 48.3 Å². The van der Waals surface area contributed by atoms with E-state index >= 15 is 0 Å². The predicted molar refractivity (Wildman–Crippen MR) is 71.2 cm³/mol. The molecule has 0 unspecified atom stereocenters. The van der Waals surface area contributed by atoms with Gasteiger partial charge in [0.05, 0.1) is 5.02 Å². The van der Waals surface area contributed by atoms with E-state index in [0.717, 1.165) is 6.42 Å². The summed E-state index contributed by atoms with van der Waals surface area (Å²) in [6.45, 7) is 2.09. The zero-order chi connectivity index (χ0) is 12.3. The Kier molecular flexibility index (Phi) is 3.93. The van der Waals surface area contributed by atoms with Crippen molar-refractivity contribution in [3.05, 3.63) is 58.1 Å². The molecule has 1 radical (unpaired) electrons. The summed E-state index contributed by atoms with van der Waals surface area (Å²) in [5.41, 5.74) is 1.19. The molecule has 2 aromatic rings. The van der Waals surface area contributed by atoms with E-state index in [-0.39, 0.29) is 0 Å². The molecule has 0 heterocycles. The first-order valence-electron chi connectivity index (χ1n) is 5.33. The summed E-state index contributed by atoms with van der Waals surface area (Å²) >= 11 is 12.0. The number of hydrogen-bond acceptors (Lipinski definition) is 1. The van der Waals surface area contributed by atoms with E-state index in [4.69, 9.17) is 27.9 Å². The Labute approximate surface area is 111 Å². The maximum atomic E-state index is 6.05. The monoisotopic (exact) mass is 265 g/mol. The second kappa shape index (κ2) is 5.44. The zero-order valence-electron chi connectivity index (χ0n) is 9.34. The van der Waals surface area contributed by atoms with Crippen LogP contribution in [0.4, 0.5) is 0 Å². The molecule has 0 saturated heterocycles. The van der Waals surface area contributed by atoms with Crippen LogP contribution in [0.25, 0.3) is 0 Å². The molecule has 0 saturated carbocycles. The van der Waals surface area contributed by atoms with Crippen molar-refractivity contribution < 1.29 is 4.74 Å². The van der Waals surface area contributed by atoms with Crippen molar-refractivity contribution in [2.24, 2.45) is 0 Å². The summed E-state index contributed by atoms with van der Waals surface area (Å²) in [5, 5.41) is 0.903. The fraction of sp³-hybridized carbons (Fsp3) is 0.143. The third-order valence-electron chi connectivity index (χ3n) is 2.38. The van der Waals surface area contributed by atoms with Gasteiger partial charge in [-0.2, -0.15) is 0 Å². The van der Waals surface area contributed by atoms with Gasteiger partial charge in [-0.05, 0) is 30.2 Å². The van der Waals surface area contributed by atoms with Gasteiger partial charge in [-0.3, -0.25) is 0 Å². The van der Waals surface area contributed by atoms with Gasteiger partial charge in [0.1, 0.15) is 16.5 Å². The van der Waals surface area contributed by atoms with Crippen LogP contribution in [0.5, 0.6) is 11.5 Å². The minimum Gasteiger partial charge on any atom is -0.455 e. The molecule has 0 atom stereocenters. The Morgan fingerprint density at radius 1 is 1.24 bits per heavy atom. The van der Waals surface area contributed by atoms with E-state index in [1.807, 2.05) is 18.2 Å². The lowest BCUT2D eigenvalue weighted by atomic mass is 10.2. The van der Waals surface area contributed by atoms with Gasteiger partial charge in [0.2, 0.25) is 0 Å². The van der Waals surface area contributed by atoms with Gasteiger partial charge in [-0.15, -0.1) is 0 Å². The third-order valence-corrected chi connectivity index (χ3v) is 3.19. The second-order valence-electron chi connectivity index (χ2n) is 3.57. The van der Waals surface area contributed by atoms with E-state index in [0.29, 0.717) is 21.5 Å². The molecular weight excluding hydrogens is 255 g/mol. The number of rotatable bonds is 3. The Morgan fingerprint density at radius 2 is 2.06 bits per heavy atom. The van der Waals surface area contributed by atoms with Gasteiger partial charge in [0, 0.05) is 6.07 Å². The van der Waals surface area contributed by atoms with Crippen LogP contribution in [0.2, 0.25) is 10.0 Å². The van der Waals surface area contributed by atoms with Crippen LogP contribution in [-0.4, -0.2) is 0 Å². The van der Waals surface area contributed by atoms with E-state index < -0.39 is 0 Å². The number of halogens is 2. The van der Waals surface area contributed by atoms with Crippen molar-refractivity contribution in [1.29, 1.82) is 0 Å². The first kappa shape index (κ1) is 12.3. The van der Waals surface area contributed by atoms with Crippen molar-refractivity contribution in [3.8, 4) is 11.5 Å². The molecule has 1 nitrogen and oxygen atoms in total. The fourth-order valence-corrected chi connectivity index (χ4v) is 1.78. The zero-order valence-corrected chi connectivity index (χ0v) is 10.8. The minimum atomic E-state index is 0.421. The lowest BCUT2D eigenvalue weighted by Gasteiger charge is -2.08. The van der Waals surface area contributed by atoms with Crippen LogP contribution >= 0.6 is 23.2 Å². The molecule has 87 valence electrons. The Balaban J connectivity index is 2.28. The van der Waals surface area contributed by atoms with Crippen LogP contribution in [0, 0.1) is 6.07 Å². The van der Waals surface area contributed by atoms with Gasteiger partial charge < -0.3 is 4.74 Å². The smallest absolute Gasteiger partial charge is 0.147 e. The Hall–Kier alpha value is -1.18. The largest absolute Gasteiger partial charge is 0.455 e. The van der Waals surface area contributed by atoms with Crippen molar-refractivity contribution in [2.45, 2.75) is 13.3 Å². The highest BCUT2D eigenvalue weighted by molar-refractivity contribution is 6.42. The van der Waals surface area contributed by atoms with Crippen LogP contribution in [0.3, 0.4) is 0 Å². The summed E-state index contributed by atoms with van der Waals surface area (Å²) in [6.07, 6.45) is 0.953. The fourth-order valence-electron chi connectivity index (χ4n) is 1.45. The van der Waals surface area contributed by atoms with Crippen LogP contribution in [0.1, 0.15) is 12.5 Å². The molecule has 0 fully saturated rings. The highest BCUT2D eigenvalue weighted by Gasteiger charge is 2.06. The molecule has 2 rings (SSSR count). The lowest BCUT2D eigenvalue weighted by Crippen LogP contribution is -1.87. The summed E-state index contributed by atoms with van der Waals surface area (Å²) in [7, 11) is 0. The van der Waals surface area contributed by atoms with Crippen molar-refractivity contribution in [1.82, 2.24) is 0 Å². The molecule has 0 aromatic heterocycles. The summed E-state index contributed by atoms with van der Waals surface area (Å²) in [4.78, 5) is 0. The van der Waals surface area contributed by atoms with E-state index in [2.05, 4.69) is 13.0 Å². The second-order valence-corrected chi connectivity index (χ2v) is 4.35. The maximum Gasteiger partial charge on any atom is 0.147 e. The predicted octanol–water partition coefficient (Wildman–Crippen LogP) is 5.15. The summed E-state index contributed by atoms with van der Waals surface area (Å²) in [6, 6.07) is 14.1. The van der Waals surface area contributed by atoms with Gasteiger partial charge in [0.25, 0.3) is 0 Å². The first-order valence-corrected chi connectivity index (χ1v) is 6.08. The Bertz CT molecular complexity index is 523. The standard InChI is InChI=1S/C14H11Cl2O/c1-2-10-5-3-6-11(9-10)17-13-8-4-7-12(15)14(13)16/h3-5,7-9H,2H2,1H3. The van der Waals surface area contributed by atoms with E-state index in [9.17, 15) is 0 Å². The molecule has 17 heavy (non-hydrogen) atoms. The maximum absolute atomic E-state index is 6.05. The molecule has 0 aliphatic carbocycles. The molecule has 3 heteroatoms. The molecular formula is C14H11Cl2O. The molecule has 0 bridgehead atoms. The quantitative estimate of drug-likeness (QED) is 0.746. The summed E-state index contributed by atoms with van der Waals surface area (Å²) in [5.74, 6) is 1.19. The molecule has 2 aromatic carbocycles. The highest BCUT2D eigenvalue weighted by atomic mass is 35.5.